The van der Waals surface area contributed by atoms with Crippen molar-refractivity contribution in [1.82, 2.24) is 23.6 Å². The maximum atomic E-state index is 12.7. The van der Waals surface area contributed by atoms with Crippen LogP contribution in [0.4, 0.5) is 0 Å². The van der Waals surface area contributed by atoms with E-state index in [9.17, 15) is 14.4 Å². The SMILES string of the molecule is CC(=O)[C@H](C)n1c(CN2CCOCC2)nc2c1c(=O)n(C)c(=O)n2C. The molecule has 9 nitrogen and oxygen atoms in total. The number of fused-ring (bicyclic) bond motifs is 1. The van der Waals surface area contributed by atoms with Crippen molar-refractivity contribution in [3.8, 4) is 0 Å². The summed E-state index contributed by atoms with van der Waals surface area (Å²) in [5, 5.41) is 0. The molecule has 1 atom stereocenters. The summed E-state index contributed by atoms with van der Waals surface area (Å²) in [4.78, 5) is 43.6. The van der Waals surface area contributed by atoms with E-state index >= 15 is 0 Å². The molecule has 2 aromatic rings. The molecule has 1 aliphatic heterocycles. The summed E-state index contributed by atoms with van der Waals surface area (Å²) in [7, 11) is 3.01. The maximum absolute atomic E-state index is 12.7. The Hall–Kier alpha value is -2.26. The van der Waals surface area contributed by atoms with Crippen LogP contribution in [0.1, 0.15) is 25.7 Å². The minimum absolute atomic E-state index is 0.0709. The van der Waals surface area contributed by atoms with Crippen LogP contribution in [0.15, 0.2) is 9.59 Å². The highest BCUT2D eigenvalue weighted by Gasteiger charge is 2.25. The van der Waals surface area contributed by atoms with Crippen molar-refractivity contribution in [2.75, 3.05) is 26.3 Å². The number of ether oxygens (including phenoxy) is 1. The molecule has 0 amide bonds. The molecule has 1 saturated heterocycles. The number of hydrogen-bond donors (Lipinski definition) is 0. The summed E-state index contributed by atoms with van der Waals surface area (Å²) in [5.74, 6) is 0.538. The van der Waals surface area contributed by atoms with Gasteiger partial charge in [0.05, 0.1) is 25.8 Å². The Morgan fingerprint density at radius 3 is 2.44 bits per heavy atom. The molecule has 0 unspecified atom stereocenters. The van der Waals surface area contributed by atoms with Gasteiger partial charge in [0.2, 0.25) is 0 Å². The molecule has 1 fully saturated rings. The van der Waals surface area contributed by atoms with E-state index in [0.29, 0.717) is 31.2 Å². The number of morpholine rings is 1. The Bertz CT molecular complexity index is 933. The van der Waals surface area contributed by atoms with Crippen molar-refractivity contribution in [1.29, 1.82) is 0 Å². The lowest BCUT2D eigenvalue weighted by atomic mass is 10.2. The number of aromatic nitrogens is 4. The van der Waals surface area contributed by atoms with Crippen LogP contribution in [0.3, 0.4) is 0 Å². The van der Waals surface area contributed by atoms with Gasteiger partial charge in [-0.1, -0.05) is 0 Å². The predicted octanol–water partition coefficient (Wildman–Crippen LogP) is -0.584. The predicted molar refractivity (Wildman–Crippen MR) is 91.7 cm³/mol. The second kappa shape index (κ2) is 6.57. The van der Waals surface area contributed by atoms with E-state index in [1.807, 2.05) is 0 Å². The van der Waals surface area contributed by atoms with Crippen LogP contribution in [-0.2, 0) is 30.2 Å². The third kappa shape index (κ3) is 2.93. The number of carbonyl (C=O) groups excluding carboxylic acids is 1. The Kier molecular flexibility index (Phi) is 4.61. The summed E-state index contributed by atoms with van der Waals surface area (Å²) < 4.78 is 9.43. The van der Waals surface area contributed by atoms with E-state index < -0.39 is 17.3 Å². The van der Waals surface area contributed by atoms with E-state index in [2.05, 4.69) is 9.88 Å². The van der Waals surface area contributed by atoms with Gasteiger partial charge in [-0.25, -0.2) is 9.78 Å². The number of rotatable bonds is 4. The molecule has 25 heavy (non-hydrogen) atoms. The van der Waals surface area contributed by atoms with E-state index in [1.165, 1.54) is 18.5 Å². The highest BCUT2D eigenvalue weighted by atomic mass is 16.5. The standard InChI is InChI=1S/C16H23N5O4/c1-10(11(2)22)21-12(9-20-5-7-25-8-6-20)17-14-13(21)15(23)19(4)16(24)18(14)3/h10H,5-9H2,1-4H3/t10-/m0/s1. The fraction of sp³-hybridized carbons (Fsp3) is 0.625. The van der Waals surface area contributed by atoms with Crippen molar-refractivity contribution in [3.05, 3.63) is 26.7 Å². The third-order valence-corrected chi connectivity index (χ3v) is 4.81. The third-order valence-electron chi connectivity index (χ3n) is 4.81. The van der Waals surface area contributed by atoms with Crippen LogP contribution in [0, 0.1) is 0 Å². The summed E-state index contributed by atoms with van der Waals surface area (Å²) >= 11 is 0. The number of ketones is 1. The summed E-state index contributed by atoms with van der Waals surface area (Å²) in [6, 6.07) is -0.536. The molecule has 3 rings (SSSR count). The van der Waals surface area contributed by atoms with Crippen molar-refractivity contribution >= 4 is 16.9 Å². The van der Waals surface area contributed by atoms with Gasteiger partial charge < -0.3 is 9.30 Å². The van der Waals surface area contributed by atoms with Crippen molar-refractivity contribution < 1.29 is 9.53 Å². The first-order valence-electron chi connectivity index (χ1n) is 8.30. The molecular weight excluding hydrogens is 326 g/mol. The molecule has 0 radical (unpaired) electrons. The van der Waals surface area contributed by atoms with E-state index in [0.717, 1.165) is 17.7 Å². The van der Waals surface area contributed by atoms with Crippen LogP contribution in [-0.4, -0.2) is 55.7 Å². The van der Waals surface area contributed by atoms with Crippen LogP contribution >= 0.6 is 0 Å². The van der Waals surface area contributed by atoms with E-state index in [4.69, 9.17) is 4.74 Å². The molecule has 2 aromatic heterocycles. The van der Waals surface area contributed by atoms with Crippen LogP contribution in [0.2, 0.25) is 0 Å². The number of aryl methyl sites for hydroxylation is 1. The molecule has 136 valence electrons. The lowest BCUT2D eigenvalue weighted by Crippen LogP contribution is -2.38. The Labute approximate surface area is 144 Å². The zero-order valence-corrected chi connectivity index (χ0v) is 15.0. The average Bonchev–Trinajstić information content (AvgIpc) is 2.97. The van der Waals surface area contributed by atoms with Gasteiger partial charge in [-0.3, -0.25) is 23.6 Å². The van der Waals surface area contributed by atoms with Gasteiger partial charge in [-0.2, -0.15) is 0 Å². The van der Waals surface area contributed by atoms with Crippen LogP contribution in [0.25, 0.3) is 11.2 Å². The van der Waals surface area contributed by atoms with Crippen molar-refractivity contribution in [2.45, 2.75) is 26.4 Å². The first-order chi connectivity index (χ1) is 11.8. The summed E-state index contributed by atoms with van der Waals surface area (Å²) in [5.41, 5.74) is -0.275. The number of imidazole rings is 1. The second-order valence-corrected chi connectivity index (χ2v) is 6.45. The summed E-state index contributed by atoms with van der Waals surface area (Å²) in [6.07, 6.45) is 0. The molecule has 9 heteroatoms. The molecule has 0 spiro atoms. The number of Topliss-reactive ketones (excluding diaryl/α,β-unsaturated/α-hetero) is 1. The monoisotopic (exact) mass is 349 g/mol. The summed E-state index contributed by atoms with van der Waals surface area (Å²) in [6.45, 7) is 6.53. The molecular formula is C16H23N5O4. The molecule has 0 N–H and O–H groups in total. The van der Waals surface area contributed by atoms with Gasteiger partial charge in [-0.15, -0.1) is 0 Å². The van der Waals surface area contributed by atoms with Crippen molar-refractivity contribution in [3.63, 3.8) is 0 Å². The molecule has 0 saturated carbocycles. The Balaban J connectivity index is 2.24. The first-order valence-corrected chi connectivity index (χ1v) is 8.30. The molecule has 0 aliphatic carbocycles. The van der Waals surface area contributed by atoms with Crippen LogP contribution in [0.5, 0.6) is 0 Å². The fourth-order valence-electron chi connectivity index (χ4n) is 3.13. The van der Waals surface area contributed by atoms with Gasteiger partial charge in [0.1, 0.15) is 5.82 Å². The smallest absolute Gasteiger partial charge is 0.332 e. The van der Waals surface area contributed by atoms with E-state index in [1.54, 1.807) is 18.5 Å². The maximum Gasteiger partial charge on any atom is 0.332 e. The quantitative estimate of drug-likeness (QED) is 0.733. The molecule has 3 heterocycles. The highest BCUT2D eigenvalue weighted by Crippen LogP contribution is 2.20. The average molecular weight is 349 g/mol. The normalized spacial score (nSPS) is 17.1. The Morgan fingerprint density at radius 1 is 1.20 bits per heavy atom. The fourth-order valence-corrected chi connectivity index (χ4v) is 3.13. The van der Waals surface area contributed by atoms with Gasteiger partial charge in [0, 0.05) is 27.2 Å². The molecule has 0 aromatic carbocycles. The topological polar surface area (TPSA) is 91.4 Å². The lowest BCUT2D eigenvalue weighted by Gasteiger charge is -2.27. The van der Waals surface area contributed by atoms with Gasteiger partial charge >= 0.3 is 5.69 Å². The first kappa shape index (κ1) is 17.6. The second-order valence-electron chi connectivity index (χ2n) is 6.45. The zero-order chi connectivity index (χ0) is 18.3. The minimum atomic E-state index is -0.536. The zero-order valence-electron chi connectivity index (χ0n) is 15.0. The Morgan fingerprint density at radius 2 is 1.84 bits per heavy atom. The van der Waals surface area contributed by atoms with Gasteiger partial charge in [0.25, 0.3) is 5.56 Å². The molecule has 1 aliphatic rings. The lowest BCUT2D eigenvalue weighted by molar-refractivity contribution is -0.119. The largest absolute Gasteiger partial charge is 0.379 e. The minimum Gasteiger partial charge on any atom is -0.379 e. The molecule has 0 bridgehead atoms. The highest BCUT2D eigenvalue weighted by molar-refractivity contribution is 5.82. The number of hydrogen-bond acceptors (Lipinski definition) is 6. The van der Waals surface area contributed by atoms with Gasteiger partial charge in [-0.05, 0) is 13.8 Å². The van der Waals surface area contributed by atoms with E-state index in [-0.39, 0.29) is 11.3 Å². The number of carbonyl (C=O) groups is 1. The van der Waals surface area contributed by atoms with Crippen LogP contribution < -0.4 is 11.2 Å². The number of nitrogens with zero attached hydrogens (tertiary/aromatic N) is 5. The van der Waals surface area contributed by atoms with Crippen molar-refractivity contribution in [2.24, 2.45) is 14.1 Å². The van der Waals surface area contributed by atoms with Gasteiger partial charge in [0.15, 0.2) is 16.9 Å².